The standard InChI is InChI=1S/C22H36O/c1-2-3-4-5-6-7-8-9-10-11-12-13-14-15-21-16-18-22(20-23)19-17-21/h14-19,23H,2-13,20H2,1H3. The third-order valence-electron chi connectivity index (χ3n) is 4.45. The van der Waals surface area contributed by atoms with Crippen molar-refractivity contribution in [3.63, 3.8) is 0 Å². The van der Waals surface area contributed by atoms with E-state index in [1.54, 1.807) is 0 Å². The fraction of sp³-hybridized carbons (Fsp3) is 0.636. The van der Waals surface area contributed by atoms with Crippen LogP contribution in [0.15, 0.2) is 30.3 Å². The Morgan fingerprint density at radius 3 is 1.78 bits per heavy atom. The van der Waals surface area contributed by atoms with Crippen LogP contribution in [0.4, 0.5) is 0 Å². The predicted molar refractivity (Wildman–Crippen MR) is 102 cm³/mol. The number of hydrogen-bond donors (Lipinski definition) is 1. The summed E-state index contributed by atoms with van der Waals surface area (Å²) in [7, 11) is 0. The van der Waals surface area contributed by atoms with Crippen LogP contribution in [0.2, 0.25) is 0 Å². The minimum absolute atomic E-state index is 0.128. The van der Waals surface area contributed by atoms with Gasteiger partial charge in [0, 0.05) is 0 Å². The lowest BCUT2D eigenvalue weighted by Gasteiger charge is -2.01. The molecule has 0 saturated heterocycles. The van der Waals surface area contributed by atoms with Gasteiger partial charge in [0.2, 0.25) is 0 Å². The SMILES string of the molecule is CCCCCCCCCCCCCC=Cc1ccc(CO)cc1. The van der Waals surface area contributed by atoms with E-state index >= 15 is 0 Å². The zero-order valence-electron chi connectivity index (χ0n) is 15.1. The lowest BCUT2D eigenvalue weighted by Crippen LogP contribution is -1.82. The average Bonchev–Trinajstić information content (AvgIpc) is 2.59. The summed E-state index contributed by atoms with van der Waals surface area (Å²) in [6, 6.07) is 8.12. The van der Waals surface area contributed by atoms with E-state index in [1.807, 2.05) is 12.1 Å². The molecule has 0 atom stereocenters. The van der Waals surface area contributed by atoms with Gasteiger partial charge in [0.05, 0.1) is 6.61 Å². The first-order chi connectivity index (χ1) is 11.4. The Kier molecular flexibility index (Phi) is 12.6. The van der Waals surface area contributed by atoms with Crippen molar-refractivity contribution in [1.29, 1.82) is 0 Å². The van der Waals surface area contributed by atoms with Crippen LogP contribution in [-0.4, -0.2) is 5.11 Å². The van der Waals surface area contributed by atoms with Crippen molar-refractivity contribution in [2.24, 2.45) is 0 Å². The minimum atomic E-state index is 0.128. The Hall–Kier alpha value is -1.08. The molecule has 1 aromatic rings. The molecule has 0 unspecified atom stereocenters. The molecule has 0 amide bonds. The molecule has 1 nitrogen and oxygen atoms in total. The van der Waals surface area contributed by atoms with Crippen molar-refractivity contribution >= 4 is 6.08 Å². The van der Waals surface area contributed by atoms with E-state index in [-0.39, 0.29) is 6.61 Å². The van der Waals surface area contributed by atoms with E-state index in [9.17, 15) is 0 Å². The third kappa shape index (κ3) is 11.1. The third-order valence-corrected chi connectivity index (χ3v) is 4.45. The molecule has 0 bridgehead atoms. The first-order valence-electron chi connectivity index (χ1n) is 9.73. The second-order valence-electron chi connectivity index (χ2n) is 6.63. The van der Waals surface area contributed by atoms with Crippen LogP contribution in [0, 0.1) is 0 Å². The zero-order valence-corrected chi connectivity index (χ0v) is 15.1. The Balaban J connectivity index is 1.90. The number of allylic oxidation sites excluding steroid dienone is 1. The zero-order chi connectivity index (χ0) is 16.6. The van der Waals surface area contributed by atoms with Crippen molar-refractivity contribution in [2.45, 2.75) is 90.6 Å². The molecule has 0 radical (unpaired) electrons. The highest BCUT2D eigenvalue weighted by Crippen LogP contribution is 2.12. The fourth-order valence-electron chi connectivity index (χ4n) is 2.88. The molecule has 0 heterocycles. The lowest BCUT2D eigenvalue weighted by molar-refractivity contribution is 0.282. The minimum Gasteiger partial charge on any atom is -0.392 e. The first-order valence-corrected chi connectivity index (χ1v) is 9.73. The van der Waals surface area contributed by atoms with Gasteiger partial charge in [-0.25, -0.2) is 0 Å². The molecule has 23 heavy (non-hydrogen) atoms. The molecule has 0 fully saturated rings. The number of unbranched alkanes of at least 4 members (excludes halogenated alkanes) is 11. The number of hydrogen-bond acceptors (Lipinski definition) is 1. The lowest BCUT2D eigenvalue weighted by atomic mass is 10.0. The van der Waals surface area contributed by atoms with Crippen molar-refractivity contribution < 1.29 is 5.11 Å². The molecular weight excluding hydrogens is 280 g/mol. The van der Waals surface area contributed by atoms with Gasteiger partial charge in [-0.05, 0) is 24.0 Å². The Morgan fingerprint density at radius 2 is 1.26 bits per heavy atom. The molecule has 0 aromatic heterocycles. The maximum atomic E-state index is 9.01. The summed E-state index contributed by atoms with van der Waals surface area (Å²) in [5.41, 5.74) is 2.21. The van der Waals surface area contributed by atoms with Crippen LogP contribution in [0.25, 0.3) is 6.08 Å². The smallest absolute Gasteiger partial charge is 0.0681 e. The second-order valence-corrected chi connectivity index (χ2v) is 6.63. The number of benzene rings is 1. The quantitative estimate of drug-likeness (QED) is 0.370. The van der Waals surface area contributed by atoms with Crippen molar-refractivity contribution in [3.8, 4) is 0 Å². The number of aliphatic hydroxyl groups is 1. The molecule has 0 spiro atoms. The Bertz CT molecular complexity index is 391. The predicted octanol–water partition coefficient (Wildman–Crippen LogP) is 6.89. The van der Waals surface area contributed by atoms with Crippen LogP contribution in [0.5, 0.6) is 0 Å². The molecule has 1 heteroatoms. The molecule has 1 N–H and O–H groups in total. The molecule has 1 rings (SSSR count). The van der Waals surface area contributed by atoms with E-state index in [1.165, 1.54) is 82.6 Å². The molecule has 0 saturated carbocycles. The molecular formula is C22H36O. The molecule has 1 aromatic carbocycles. The maximum absolute atomic E-state index is 9.01. The summed E-state index contributed by atoms with van der Waals surface area (Å²) in [5.74, 6) is 0. The van der Waals surface area contributed by atoms with Crippen molar-refractivity contribution in [2.75, 3.05) is 0 Å². The van der Waals surface area contributed by atoms with Crippen molar-refractivity contribution in [1.82, 2.24) is 0 Å². The highest BCUT2D eigenvalue weighted by atomic mass is 16.3. The summed E-state index contributed by atoms with van der Waals surface area (Å²) in [6.07, 6.45) is 21.1. The Labute approximate surface area is 143 Å². The van der Waals surface area contributed by atoms with E-state index < -0.39 is 0 Å². The van der Waals surface area contributed by atoms with Crippen LogP contribution in [0.1, 0.15) is 95.1 Å². The van der Waals surface area contributed by atoms with Crippen molar-refractivity contribution in [3.05, 3.63) is 41.5 Å². The molecule has 0 aliphatic rings. The van der Waals surface area contributed by atoms with Gasteiger partial charge >= 0.3 is 0 Å². The van der Waals surface area contributed by atoms with E-state index in [4.69, 9.17) is 5.11 Å². The maximum Gasteiger partial charge on any atom is 0.0681 e. The largest absolute Gasteiger partial charge is 0.392 e. The highest BCUT2D eigenvalue weighted by Gasteiger charge is 1.93. The van der Waals surface area contributed by atoms with Crippen LogP contribution in [-0.2, 0) is 6.61 Å². The normalized spacial score (nSPS) is 11.4. The van der Waals surface area contributed by atoms with Gasteiger partial charge in [0.1, 0.15) is 0 Å². The summed E-state index contributed by atoms with van der Waals surface area (Å²) < 4.78 is 0. The van der Waals surface area contributed by atoms with Gasteiger partial charge in [-0.1, -0.05) is 108 Å². The van der Waals surface area contributed by atoms with Crippen LogP contribution < -0.4 is 0 Å². The molecule has 130 valence electrons. The van der Waals surface area contributed by atoms with Gasteiger partial charge in [-0.15, -0.1) is 0 Å². The summed E-state index contributed by atoms with van der Waals surface area (Å²) >= 11 is 0. The second kappa shape index (κ2) is 14.5. The topological polar surface area (TPSA) is 20.2 Å². The summed E-state index contributed by atoms with van der Waals surface area (Å²) in [5, 5.41) is 9.01. The van der Waals surface area contributed by atoms with E-state index in [0.717, 1.165) is 5.56 Å². The Morgan fingerprint density at radius 1 is 0.739 bits per heavy atom. The highest BCUT2D eigenvalue weighted by molar-refractivity contribution is 5.49. The number of rotatable bonds is 14. The number of aliphatic hydroxyl groups excluding tert-OH is 1. The van der Waals surface area contributed by atoms with E-state index in [0.29, 0.717) is 0 Å². The summed E-state index contributed by atoms with van der Waals surface area (Å²) in [4.78, 5) is 0. The van der Waals surface area contributed by atoms with Gasteiger partial charge in [0.15, 0.2) is 0 Å². The summed E-state index contributed by atoms with van der Waals surface area (Å²) in [6.45, 7) is 2.41. The molecule has 0 aliphatic heterocycles. The van der Waals surface area contributed by atoms with Gasteiger partial charge in [-0.2, -0.15) is 0 Å². The van der Waals surface area contributed by atoms with E-state index in [2.05, 4.69) is 31.2 Å². The van der Waals surface area contributed by atoms with Gasteiger partial charge in [0.25, 0.3) is 0 Å². The average molecular weight is 317 g/mol. The van der Waals surface area contributed by atoms with Crippen LogP contribution >= 0.6 is 0 Å². The monoisotopic (exact) mass is 316 g/mol. The molecule has 0 aliphatic carbocycles. The fourth-order valence-corrected chi connectivity index (χ4v) is 2.88. The van der Waals surface area contributed by atoms with Crippen LogP contribution in [0.3, 0.4) is 0 Å². The first kappa shape index (κ1) is 20.0. The van der Waals surface area contributed by atoms with Gasteiger partial charge < -0.3 is 5.11 Å². The van der Waals surface area contributed by atoms with Gasteiger partial charge in [-0.3, -0.25) is 0 Å².